The van der Waals surface area contributed by atoms with Crippen LogP contribution in [0.2, 0.25) is 0 Å². The zero-order chi connectivity index (χ0) is 13.1. The van der Waals surface area contributed by atoms with Crippen LogP contribution in [-0.4, -0.2) is 17.1 Å². The Kier molecular flexibility index (Phi) is 3.53. The van der Waals surface area contributed by atoms with Crippen molar-refractivity contribution in [3.8, 4) is 5.88 Å². The number of aromatic nitrogens is 2. The van der Waals surface area contributed by atoms with Crippen LogP contribution in [-0.2, 0) is 0 Å². The molecule has 1 heterocycles. The van der Waals surface area contributed by atoms with E-state index in [0.717, 1.165) is 5.56 Å². The van der Waals surface area contributed by atoms with E-state index in [-0.39, 0.29) is 5.82 Å². The smallest absolute Gasteiger partial charge is 0.216 e. The lowest BCUT2D eigenvalue weighted by Crippen LogP contribution is -2.14. The highest BCUT2D eigenvalue weighted by atomic mass is 19.1. The molecule has 0 amide bonds. The van der Waals surface area contributed by atoms with Gasteiger partial charge in [0, 0.05) is 6.07 Å². The van der Waals surface area contributed by atoms with Gasteiger partial charge in [0.1, 0.15) is 12.1 Å². The molecule has 1 aromatic carbocycles. The summed E-state index contributed by atoms with van der Waals surface area (Å²) in [5.41, 5.74) is 8.08. The molecule has 0 spiro atoms. The molecule has 5 heteroatoms. The van der Waals surface area contributed by atoms with Gasteiger partial charge in [-0.1, -0.05) is 12.1 Å². The third-order valence-electron chi connectivity index (χ3n) is 2.73. The number of methoxy groups -OCH3 is 1. The molecule has 0 saturated carbocycles. The summed E-state index contributed by atoms with van der Waals surface area (Å²) in [7, 11) is 1.53. The highest BCUT2D eigenvalue weighted by Gasteiger charge is 2.12. The molecule has 0 bridgehead atoms. The summed E-state index contributed by atoms with van der Waals surface area (Å²) < 4.78 is 18.2. The van der Waals surface area contributed by atoms with Crippen LogP contribution in [0.3, 0.4) is 0 Å². The molecule has 1 unspecified atom stereocenters. The van der Waals surface area contributed by atoms with E-state index in [1.165, 1.54) is 19.5 Å². The molecular weight excluding hydrogens is 233 g/mol. The van der Waals surface area contributed by atoms with Gasteiger partial charge in [0.25, 0.3) is 0 Å². The monoisotopic (exact) mass is 247 g/mol. The third-order valence-corrected chi connectivity index (χ3v) is 2.73. The summed E-state index contributed by atoms with van der Waals surface area (Å²) >= 11 is 0. The SMILES string of the molecule is COc1cc(C(N)c2ccc(F)c(C)c2)ncn1. The van der Waals surface area contributed by atoms with Gasteiger partial charge in [-0.25, -0.2) is 14.4 Å². The van der Waals surface area contributed by atoms with Crippen LogP contribution in [0.5, 0.6) is 5.88 Å². The molecule has 0 radical (unpaired) electrons. The first-order valence-electron chi connectivity index (χ1n) is 5.49. The summed E-state index contributed by atoms with van der Waals surface area (Å²) in [5.74, 6) is 0.209. The second kappa shape index (κ2) is 5.10. The lowest BCUT2D eigenvalue weighted by molar-refractivity contribution is 0.395. The average Bonchev–Trinajstić information content (AvgIpc) is 2.41. The topological polar surface area (TPSA) is 61.0 Å². The van der Waals surface area contributed by atoms with Crippen molar-refractivity contribution in [2.45, 2.75) is 13.0 Å². The number of hydrogen-bond acceptors (Lipinski definition) is 4. The minimum absolute atomic E-state index is 0.244. The number of halogens is 1. The minimum atomic E-state index is -0.429. The van der Waals surface area contributed by atoms with Crippen LogP contribution in [0.1, 0.15) is 22.9 Å². The Bertz CT molecular complexity index is 560. The largest absolute Gasteiger partial charge is 0.481 e. The molecule has 1 aromatic heterocycles. The van der Waals surface area contributed by atoms with Crippen molar-refractivity contribution in [1.82, 2.24) is 9.97 Å². The van der Waals surface area contributed by atoms with Gasteiger partial charge in [-0.3, -0.25) is 0 Å². The van der Waals surface area contributed by atoms with Gasteiger partial charge in [-0.15, -0.1) is 0 Å². The maximum Gasteiger partial charge on any atom is 0.216 e. The van der Waals surface area contributed by atoms with Gasteiger partial charge in [0.15, 0.2) is 0 Å². The molecular formula is C13H14FN3O. The van der Waals surface area contributed by atoms with Crippen LogP contribution >= 0.6 is 0 Å². The number of nitrogens with zero attached hydrogens (tertiary/aromatic N) is 2. The maximum absolute atomic E-state index is 13.2. The fourth-order valence-electron chi connectivity index (χ4n) is 1.67. The van der Waals surface area contributed by atoms with Crippen molar-refractivity contribution in [1.29, 1.82) is 0 Å². The van der Waals surface area contributed by atoms with Crippen LogP contribution in [0, 0.1) is 12.7 Å². The zero-order valence-corrected chi connectivity index (χ0v) is 10.2. The molecule has 0 aliphatic rings. The van der Waals surface area contributed by atoms with E-state index < -0.39 is 6.04 Å². The Morgan fingerprint density at radius 3 is 2.72 bits per heavy atom. The van der Waals surface area contributed by atoms with E-state index in [4.69, 9.17) is 10.5 Å². The van der Waals surface area contributed by atoms with Crippen LogP contribution in [0.25, 0.3) is 0 Å². The average molecular weight is 247 g/mol. The fraction of sp³-hybridized carbons (Fsp3) is 0.231. The van der Waals surface area contributed by atoms with Gasteiger partial charge < -0.3 is 10.5 Å². The molecule has 18 heavy (non-hydrogen) atoms. The predicted octanol–water partition coefficient (Wildman–Crippen LogP) is 1.98. The third kappa shape index (κ3) is 2.46. The van der Waals surface area contributed by atoms with Crippen LogP contribution in [0.15, 0.2) is 30.6 Å². The summed E-state index contributed by atoms with van der Waals surface area (Å²) in [6, 6.07) is 6.02. The summed E-state index contributed by atoms with van der Waals surface area (Å²) in [4.78, 5) is 8.02. The van der Waals surface area contributed by atoms with Crippen molar-refractivity contribution in [3.63, 3.8) is 0 Å². The maximum atomic E-state index is 13.2. The molecule has 0 fully saturated rings. The van der Waals surface area contributed by atoms with E-state index in [2.05, 4.69) is 9.97 Å². The Balaban J connectivity index is 2.34. The first-order chi connectivity index (χ1) is 8.61. The molecule has 2 N–H and O–H groups in total. The number of nitrogens with two attached hydrogens (primary N) is 1. The highest BCUT2D eigenvalue weighted by Crippen LogP contribution is 2.21. The minimum Gasteiger partial charge on any atom is -0.481 e. The van der Waals surface area contributed by atoms with Crippen molar-refractivity contribution in [2.24, 2.45) is 5.73 Å². The number of aryl methyl sites for hydroxylation is 1. The normalized spacial score (nSPS) is 12.2. The summed E-state index contributed by atoms with van der Waals surface area (Å²) in [5, 5.41) is 0. The van der Waals surface area contributed by atoms with E-state index in [1.54, 1.807) is 25.1 Å². The number of benzene rings is 1. The molecule has 2 rings (SSSR count). The number of rotatable bonds is 3. The van der Waals surface area contributed by atoms with Gasteiger partial charge in [-0.05, 0) is 24.1 Å². The molecule has 94 valence electrons. The summed E-state index contributed by atoms with van der Waals surface area (Å²) in [6.45, 7) is 1.70. The molecule has 2 aromatic rings. The second-order valence-corrected chi connectivity index (χ2v) is 3.97. The Hall–Kier alpha value is -2.01. The molecule has 1 atom stereocenters. The van der Waals surface area contributed by atoms with E-state index in [9.17, 15) is 4.39 Å². The quantitative estimate of drug-likeness (QED) is 0.900. The van der Waals surface area contributed by atoms with E-state index in [0.29, 0.717) is 17.1 Å². The number of hydrogen-bond donors (Lipinski definition) is 1. The van der Waals surface area contributed by atoms with Gasteiger partial charge in [0.2, 0.25) is 5.88 Å². The molecule has 0 saturated heterocycles. The van der Waals surface area contributed by atoms with Crippen molar-refractivity contribution < 1.29 is 9.13 Å². The highest BCUT2D eigenvalue weighted by molar-refractivity contribution is 5.32. The number of ether oxygens (including phenoxy) is 1. The van der Waals surface area contributed by atoms with E-state index in [1.807, 2.05) is 0 Å². The predicted molar refractivity (Wildman–Crippen MR) is 65.8 cm³/mol. The molecule has 4 nitrogen and oxygen atoms in total. The molecule has 0 aliphatic carbocycles. The first-order valence-corrected chi connectivity index (χ1v) is 5.49. The first kappa shape index (κ1) is 12.4. The van der Waals surface area contributed by atoms with Gasteiger partial charge >= 0.3 is 0 Å². The Morgan fingerprint density at radius 1 is 1.28 bits per heavy atom. The van der Waals surface area contributed by atoms with Crippen LogP contribution < -0.4 is 10.5 Å². The fourth-order valence-corrected chi connectivity index (χ4v) is 1.67. The van der Waals surface area contributed by atoms with E-state index >= 15 is 0 Å². The molecule has 0 aliphatic heterocycles. The standard InChI is InChI=1S/C13H14FN3O/c1-8-5-9(3-4-10(8)14)13(15)11-6-12(18-2)17-7-16-11/h3-7,13H,15H2,1-2H3. The lowest BCUT2D eigenvalue weighted by Gasteiger charge is -2.12. The Labute approximate surface area is 105 Å². The second-order valence-electron chi connectivity index (χ2n) is 3.97. The van der Waals surface area contributed by atoms with Crippen molar-refractivity contribution in [2.75, 3.05) is 7.11 Å². The van der Waals surface area contributed by atoms with Gasteiger partial charge in [0.05, 0.1) is 18.8 Å². The van der Waals surface area contributed by atoms with Crippen molar-refractivity contribution in [3.05, 3.63) is 53.2 Å². The Morgan fingerprint density at radius 2 is 2.06 bits per heavy atom. The lowest BCUT2D eigenvalue weighted by atomic mass is 10.0. The summed E-state index contributed by atoms with van der Waals surface area (Å²) in [6.07, 6.45) is 1.39. The zero-order valence-electron chi connectivity index (χ0n) is 10.2. The van der Waals surface area contributed by atoms with Gasteiger partial charge in [-0.2, -0.15) is 0 Å². The van der Waals surface area contributed by atoms with Crippen LogP contribution in [0.4, 0.5) is 4.39 Å². The van der Waals surface area contributed by atoms with Crippen molar-refractivity contribution >= 4 is 0 Å².